The van der Waals surface area contributed by atoms with Gasteiger partial charge in [0, 0.05) is 16.8 Å². The van der Waals surface area contributed by atoms with Gasteiger partial charge < -0.3 is 5.73 Å². The van der Waals surface area contributed by atoms with E-state index in [0.29, 0.717) is 6.54 Å². The standard InChI is InChI=1S/C12H12ClNS2/c13-10-5-2-1-4-9(10)11(8-14)16-12-6-3-7-15-12/h1-7,11H,8,14H2. The molecule has 1 aromatic carbocycles. The van der Waals surface area contributed by atoms with Crippen molar-refractivity contribution in [2.75, 3.05) is 6.54 Å². The second-order valence-electron chi connectivity index (χ2n) is 3.30. The van der Waals surface area contributed by atoms with Crippen molar-refractivity contribution in [1.29, 1.82) is 0 Å². The van der Waals surface area contributed by atoms with Gasteiger partial charge in [0.15, 0.2) is 0 Å². The molecule has 1 aromatic heterocycles. The normalized spacial score (nSPS) is 12.6. The van der Waals surface area contributed by atoms with Crippen LogP contribution in [0.2, 0.25) is 5.02 Å². The first kappa shape index (κ1) is 12.0. The number of thioether (sulfide) groups is 1. The van der Waals surface area contributed by atoms with E-state index in [2.05, 4.69) is 11.4 Å². The van der Waals surface area contributed by atoms with Crippen LogP contribution >= 0.6 is 34.7 Å². The van der Waals surface area contributed by atoms with Crippen LogP contribution in [-0.4, -0.2) is 6.54 Å². The van der Waals surface area contributed by atoms with Gasteiger partial charge in [-0.3, -0.25) is 0 Å². The molecule has 0 aliphatic carbocycles. The largest absolute Gasteiger partial charge is 0.329 e. The van der Waals surface area contributed by atoms with Crippen LogP contribution in [0.5, 0.6) is 0 Å². The molecule has 2 aromatic rings. The Morgan fingerprint density at radius 1 is 1.25 bits per heavy atom. The molecule has 0 bridgehead atoms. The van der Waals surface area contributed by atoms with E-state index >= 15 is 0 Å². The fourth-order valence-corrected chi connectivity index (χ4v) is 3.83. The van der Waals surface area contributed by atoms with Crippen molar-refractivity contribution in [2.45, 2.75) is 9.46 Å². The summed E-state index contributed by atoms with van der Waals surface area (Å²) in [4.78, 5) is 0. The molecule has 0 spiro atoms. The molecule has 1 unspecified atom stereocenters. The Balaban J connectivity index is 2.20. The van der Waals surface area contributed by atoms with Gasteiger partial charge in [0.1, 0.15) is 0 Å². The van der Waals surface area contributed by atoms with Gasteiger partial charge in [0.25, 0.3) is 0 Å². The number of nitrogens with two attached hydrogens (primary N) is 1. The Bertz CT molecular complexity index is 442. The maximum Gasteiger partial charge on any atom is 0.0604 e. The molecule has 1 atom stereocenters. The van der Waals surface area contributed by atoms with Crippen molar-refractivity contribution in [2.24, 2.45) is 5.73 Å². The van der Waals surface area contributed by atoms with Crippen LogP contribution in [0, 0.1) is 0 Å². The van der Waals surface area contributed by atoms with Crippen LogP contribution < -0.4 is 5.73 Å². The summed E-state index contributed by atoms with van der Waals surface area (Å²) in [6.07, 6.45) is 0. The lowest BCUT2D eigenvalue weighted by Crippen LogP contribution is -2.09. The van der Waals surface area contributed by atoms with Crippen molar-refractivity contribution in [3.63, 3.8) is 0 Å². The van der Waals surface area contributed by atoms with Gasteiger partial charge in [-0.1, -0.05) is 35.9 Å². The lowest BCUT2D eigenvalue weighted by Gasteiger charge is -2.15. The number of rotatable bonds is 4. The summed E-state index contributed by atoms with van der Waals surface area (Å²) in [6.45, 7) is 0.590. The predicted molar refractivity (Wildman–Crippen MR) is 73.4 cm³/mol. The highest BCUT2D eigenvalue weighted by Gasteiger charge is 2.14. The fourth-order valence-electron chi connectivity index (χ4n) is 1.45. The van der Waals surface area contributed by atoms with E-state index in [1.54, 1.807) is 23.1 Å². The van der Waals surface area contributed by atoms with Crippen LogP contribution in [0.3, 0.4) is 0 Å². The first-order valence-corrected chi connectivity index (χ1v) is 7.09. The van der Waals surface area contributed by atoms with E-state index < -0.39 is 0 Å². The summed E-state index contributed by atoms with van der Waals surface area (Å²) in [5.74, 6) is 0. The summed E-state index contributed by atoms with van der Waals surface area (Å²) >= 11 is 9.68. The Hall–Kier alpha value is -0.480. The van der Waals surface area contributed by atoms with Crippen molar-refractivity contribution in [1.82, 2.24) is 0 Å². The molecule has 84 valence electrons. The first-order valence-electron chi connectivity index (χ1n) is 4.96. The Labute approximate surface area is 109 Å². The minimum absolute atomic E-state index is 0.229. The van der Waals surface area contributed by atoms with E-state index in [9.17, 15) is 0 Å². The highest BCUT2D eigenvalue weighted by Crippen LogP contribution is 2.39. The van der Waals surface area contributed by atoms with Crippen LogP contribution in [-0.2, 0) is 0 Å². The summed E-state index contributed by atoms with van der Waals surface area (Å²) < 4.78 is 1.27. The number of benzene rings is 1. The molecule has 0 aliphatic heterocycles. The maximum absolute atomic E-state index is 6.17. The number of hydrogen-bond acceptors (Lipinski definition) is 3. The maximum atomic E-state index is 6.17. The second-order valence-corrected chi connectivity index (χ2v) is 6.15. The van der Waals surface area contributed by atoms with Crippen molar-refractivity contribution in [3.8, 4) is 0 Å². The zero-order chi connectivity index (χ0) is 11.4. The summed E-state index contributed by atoms with van der Waals surface area (Å²) in [7, 11) is 0. The first-order chi connectivity index (χ1) is 7.81. The lowest BCUT2D eigenvalue weighted by molar-refractivity contribution is 0.943. The third-order valence-electron chi connectivity index (χ3n) is 2.22. The van der Waals surface area contributed by atoms with Crippen LogP contribution in [0.15, 0.2) is 46.0 Å². The highest BCUT2D eigenvalue weighted by atomic mass is 35.5. The van der Waals surface area contributed by atoms with Crippen LogP contribution in [0.1, 0.15) is 10.8 Å². The minimum Gasteiger partial charge on any atom is -0.329 e. The Morgan fingerprint density at radius 3 is 2.69 bits per heavy atom. The average molecular weight is 270 g/mol. The number of hydrogen-bond donors (Lipinski definition) is 1. The van der Waals surface area contributed by atoms with Gasteiger partial charge in [0.2, 0.25) is 0 Å². The molecule has 0 saturated carbocycles. The molecule has 16 heavy (non-hydrogen) atoms. The SMILES string of the molecule is NCC(Sc1cccs1)c1ccccc1Cl. The van der Waals surface area contributed by atoms with Crippen LogP contribution in [0.4, 0.5) is 0 Å². The van der Waals surface area contributed by atoms with Gasteiger partial charge >= 0.3 is 0 Å². The molecule has 1 heterocycles. The van der Waals surface area contributed by atoms with E-state index in [-0.39, 0.29) is 5.25 Å². The van der Waals surface area contributed by atoms with Gasteiger partial charge in [-0.25, -0.2) is 0 Å². The Kier molecular flexibility index (Phi) is 4.29. The molecule has 1 nitrogen and oxygen atoms in total. The lowest BCUT2D eigenvalue weighted by atomic mass is 10.1. The minimum atomic E-state index is 0.229. The third kappa shape index (κ3) is 2.80. The quantitative estimate of drug-likeness (QED) is 0.842. The molecule has 0 radical (unpaired) electrons. The van der Waals surface area contributed by atoms with Gasteiger partial charge in [-0.2, -0.15) is 0 Å². The molecule has 0 saturated heterocycles. The third-order valence-corrected chi connectivity index (χ3v) is 4.90. The number of halogens is 1. The molecule has 2 N–H and O–H groups in total. The summed E-state index contributed by atoms with van der Waals surface area (Å²) in [5.41, 5.74) is 6.93. The second kappa shape index (κ2) is 5.73. The summed E-state index contributed by atoms with van der Waals surface area (Å²) in [6, 6.07) is 12.0. The van der Waals surface area contributed by atoms with E-state index in [4.69, 9.17) is 17.3 Å². The van der Waals surface area contributed by atoms with E-state index in [1.807, 2.05) is 30.3 Å². The topological polar surface area (TPSA) is 26.0 Å². The Morgan fingerprint density at radius 2 is 2.06 bits per heavy atom. The molecule has 0 aliphatic rings. The van der Waals surface area contributed by atoms with Crippen molar-refractivity contribution in [3.05, 3.63) is 52.4 Å². The van der Waals surface area contributed by atoms with E-state index in [1.165, 1.54) is 4.21 Å². The molecular weight excluding hydrogens is 258 g/mol. The molecule has 0 amide bonds. The molecule has 0 fully saturated rings. The zero-order valence-corrected chi connectivity index (χ0v) is 11.0. The monoisotopic (exact) mass is 269 g/mol. The number of thiophene rings is 1. The molecular formula is C12H12ClNS2. The zero-order valence-electron chi connectivity index (χ0n) is 8.60. The molecule has 2 rings (SSSR count). The van der Waals surface area contributed by atoms with Gasteiger partial charge in [-0.15, -0.1) is 23.1 Å². The molecule has 4 heteroatoms. The highest BCUT2D eigenvalue weighted by molar-refractivity contribution is 8.01. The summed E-state index contributed by atoms with van der Waals surface area (Å²) in [5, 5.41) is 3.09. The van der Waals surface area contributed by atoms with Gasteiger partial charge in [-0.05, 0) is 23.1 Å². The predicted octanol–water partition coefficient (Wildman–Crippen LogP) is 4.19. The van der Waals surface area contributed by atoms with Gasteiger partial charge in [0.05, 0.1) is 4.21 Å². The fraction of sp³-hybridized carbons (Fsp3) is 0.167. The van der Waals surface area contributed by atoms with Crippen molar-refractivity contribution < 1.29 is 0 Å². The van der Waals surface area contributed by atoms with E-state index in [0.717, 1.165) is 10.6 Å². The van der Waals surface area contributed by atoms with Crippen LogP contribution in [0.25, 0.3) is 0 Å². The smallest absolute Gasteiger partial charge is 0.0604 e. The average Bonchev–Trinajstić information content (AvgIpc) is 2.80. The van der Waals surface area contributed by atoms with Crippen molar-refractivity contribution >= 4 is 34.7 Å².